The van der Waals surface area contributed by atoms with Crippen LogP contribution >= 0.6 is 0 Å². The van der Waals surface area contributed by atoms with Gasteiger partial charge in [0.2, 0.25) is 0 Å². The Morgan fingerprint density at radius 1 is 1.13 bits per heavy atom. The Hall–Kier alpha value is 0.684. The Labute approximate surface area is 132 Å². The van der Waals surface area contributed by atoms with Crippen LogP contribution < -0.4 is 43.7 Å². The molecule has 5 heteroatoms. The fourth-order valence-corrected chi connectivity index (χ4v) is 0.794. The molecule has 1 nitrogen and oxygen atoms in total. The van der Waals surface area contributed by atoms with E-state index in [1.807, 2.05) is 30.3 Å². The predicted octanol–water partition coefficient (Wildman–Crippen LogP) is -7.58. The molecule has 0 saturated carbocycles. The van der Waals surface area contributed by atoms with E-state index >= 15 is 0 Å². The Morgan fingerprint density at radius 3 is 2.13 bits per heavy atom. The monoisotopic (exact) mass is 246 g/mol. The van der Waals surface area contributed by atoms with Crippen molar-refractivity contribution in [2.45, 2.75) is 6.61 Å². The van der Waals surface area contributed by atoms with Gasteiger partial charge in [0.15, 0.2) is 0 Å². The third-order valence-corrected chi connectivity index (χ3v) is 1.29. The first kappa shape index (κ1) is 24.8. The molecule has 0 aliphatic heterocycles. The molecule has 0 unspecified atom stereocenters. The summed E-state index contributed by atoms with van der Waals surface area (Å²) >= 11 is 0. The SMILES string of the molecule is [C-]#CCOCc1ccccc1.[Cl-].[Cl-].[Li+].[Mg+2]. The molecule has 0 aliphatic carbocycles. The molecule has 0 atom stereocenters. The van der Waals surface area contributed by atoms with E-state index in [1.54, 1.807) is 0 Å². The van der Waals surface area contributed by atoms with Gasteiger partial charge in [-0.25, -0.2) is 0 Å². The fraction of sp³-hybridized carbons (Fsp3) is 0.200. The summed E-state index contributed by atoms with van der Waals surface area (Å²) in [6, 6.07) is 9.87. The first-order chi connectivity index (χ1) is 5.43. The van der Waals surface area contributed by atoms with Crippen LogP contribution in [-0.2, 0) is 11.3 Å². The molecule has 0 heterocycles. The summed E-state index contributed by atoms with van der Waals surface area (Å²) in [6.07, 6.45) is 6.59. The van der Waals surface area contributed by atoms with Crippen molar-refractivity contribution in [3.8, 4) is 5.92 Å². The van der Waals surface area contributed by atoms with Crippen LogP contribution in [0, 0.1) is 12.3 Å². The number of rotatable bonds is 3. The molecule has 1 aromatic rings. The van der Waals surface area contributed by atoms with Gasteiger partial charge in [-0.2, -0.15) is 0 Å². The van der Waals surface area contributed by atoms with Gasteiger partial charge in [-0.15, -0.1) is 0 Å². The van der Waals surface area contributed by atoms with E-state index in [4.69, 9.17) is 11.2 Å². The molecule has 72 valence electrons. The van der Waals surface area contributed by atoms with Gasteiger partial charge in [0.25, 0.3) is 0 Å². The molecule has 0 spiro atoms. The molecule has 0 aromatic heterocycles. The molecular weight excluding hydrogens is 238 g/mol. The van der Waals surface area contributed by atoms with E-state index < -0.39 is 0 Å². The average Bonchev–Trinajstić information content (AvgIpc) is 2.07. The molecule has 0 amide bonds. The summed E-state index contributed by atoms with van der Waals surface area (Å²) < 4.78 is 5.07. The normalized spacial score (nSPS) is 6.60. The van der Waals surface area contributed by atoms with Gasteiger partial charge in [-0.3, -0.25) is 0 Å². The van der Waals surface area contributed by atoms with Crippen LogP contribution in [-0.4, -0.2) is 29.7 Å². The molecule has 0 radical (unpaired) electrons. The smallest absolute Gasteiger partial charge is 1.00 e. The predicted molar refractivity (Wildman–Crippen MR) is 49.0 cm³/mol. The third kappa shape index (κ3) is 12.6. The largest absolute Gasteiger partial charge is 2.00 e. The van der Waals surface area contributed by atoms with Gasteiger partial charge in [-0.05, 0) is 5.56 Å². The summed E-state index contributed by atoms with van der Waals surface area (Å²) in [6.45, 7) is 0.835. The van der Waals surface area contributed by atoms with Crippen molar-refractivity contribution < 1.29 is 48.4 Å². The molecule has 1 aromatic carbocycles. The number of hydrogen-bond acceptors (Lipinski definition) is 1. The second-order valence-electron chi connectivity index (χ2n) is 2.16. The summed E-state index contributed by atoms with van der Waals surface area (Å²) in [5.41, 5.74) is 1.13. The van der Waals surface area contributed by atoms with E-state index in [9.17, 15) is 0 Å². The van der Waals surface area contributed by atoms with E-state index in [2.05, 4.69) is 5.92 Å². The van der Waals surface area contributed by atoms with Crippen LogP contribution in [0.25, 0.3) is 0 Å². The van der Waals surface area contributed by atoms with Crippen molar-refractivity contribution in [2.24, 2.45) is 0 Å². The zero-order valence-corrected chi connectivity index (χ0v) is 11.6. The zero-order chi connectivity index (χ0) is 7.94. The maximum atomic E-state index is 6.59. The minimum Gasteiger partial charge on any atom is -1.00 e. The molecule has 1 rings (SSSR count). The van der Waals surface area contributed by atoms with E-state index in [1.165, 1.54) is 0 Å². The van der Waals surface area contributed by atoms with Crippen molar-refractivity contribution in [3.05, 3.63) is 42.3 Å². The average molecular weight is 247 g/mol. The van der Waals surface area contributed by atoms with Gasteiger partial charge in [0.1, 0.15) is 0 Å². The Bertz CT molecular complexity index is 251. The van der Waals surface area contributed by atoms with Crippen molar-refractivity contribution in [1.82, 2.24) is 0 Å². The topological polar surface area (TPSA) is 9.23 Å². The molecule has 0 saturated heterocycles. The number of halogens is 2. The maximum Gasteiger partial charge on any atom is 2.00 e. The molecule has 15 heavy (non-hydrogen) atoms. The van der Waals surface area contributed by atoms with Gasteiger partial charge in [0, 0.05) is 0 Å². The molecule has 0 aliphatic rings. The van der Waals surface area contributed by atoms with Gasteiger partial charge >= 0.3 is 41.9 Å². The minimum atomic E-state index is 0. The first-order valence-corrected chi connectivity index (χ1v) is 3.45. The fourth-order valence-electron chi connectivity index (χ4n) is 0.794. The van der Waals surface area contributed by atoms with Crippen molar-refractivity contribution >= 4 is 23.1 Å². The summed E-state index contributed by atoms with van der Waals surface area (Å²) in [5, 5.41) is 0. The van der Waals surface area contributed by atoms with Crippen LogP contribution in [0.3, 0.4) is 0 Å². The first-order valence-electron chi connectivity index (χ1n) is 3.45. The Kier molecular flexibility index (Phi) is 28.2. The van der Waals surface area contributed by atoms with E-state index in [0.29, 0.717) is 6.61 Å². The van der Waals surface area contributed by atoms with Gasteiger partial charge in [0.05, 0.1) is 13.2 Å². The summed E-state index contributed by atoms with van der Waals surface area (Å²) in [4.78, 5) is 0. The van der Waals surface area contributed by atoms with Crippen LogP contribution in [0.5, 0.6) is 0 Å². The Balaban J connectivity index is -0.000000151. The summed E-state index contributed by atoms with van der Waals surface area (Å²) in [5.74, 6) is 2.17. The van der Waals surface area contributed by atoms with Crippen molar-refractivity contribution in [1.29, 1.82) is 0 Å². The zero-order valence-electron chi connectivity index (χ0n) is 8.67. The van der Waals surface area contributed by atoms with E-state index in [0.717, 1.165) is 5.56 Å². The van der Waals surface area contributed by atoms with E-state index in [-0.39, 0.29) is 73.3 Å². The Morgan fingerprint density at radius 2 is 1.67 bits per heavy atom. The second kappa shape index (κ2) is 17.1. The minimum absolute atomic E-state index is 0. The summed E-state index contributed by atoms with van der Waals surface area (Å²) in [7, 11) is 0. The molecular formula is C10H9Cl2LiMgO. The van der Waals surface area contributed by atoms with Crippen LogP contribution in [0.4, 0.5) is 0 Å². The van der Waals surface area contributed by atoms with Crippen LogP contribution in [0.2, 0.25) is 0 Å². The van der Waals surface area contributed by atoms with Gasteiger partial charge in [-0.1, -0.05) is 30.3 Å². The second-order valence-corrected chi connectivity index (χ2v) is 2.16. The standard InChI is InChI=1S/C10H9O.2ClH.Li.Mg/c1-2-8-11-9-10-6-4-3-5-7-10;;;;/h3-7H,8-9H2;2*1H;;/q-1;;;+1;+2/p-2. The van der Waals surface area contributed by atoms with Gasteiger partial charge < -0.3 is 41.9 Å². The number of ether oxygens (including phenoxy) is 1. The number of hydrogen-bond donors (Lipinski definition) is 0. The van der Waals surface area contributed by atoms with Crippen LogP contribution in [0.1, 0.15) is 5.56 Å². The quantitative estimate of drug-likeness (QED) is 0.223. The number of benzene rings is 1. The van der Waals surface area contributed by atoms with Crippen molar-refractivity contribution in [3.63, 3.8) is 0 Å². The van der Waals surface area contributed by atoms with Crippen LogP contribution in [0.15, 0.2) is 30.3 Å². The maximum absolute atomic E-state index is 6.59. The molecule has 0 fully saturated rings. The molecule has 0 bridgehead atoms. The molecule has 0 N–H and O–H groups in total. The van der Waals surface area contributed by atoms with Crippen molar-refractivity contribution in [2.75, 3.05) is 6.61 Å². The third-order valence-electron chi connectivity index (χ3n) is 1.29.